The van der Waals surface area contributed by atoms with Crippen LogP contribution in [-0.2, 0) is 23.9 Å². The zero-order valence-corrected chi connectivity index (χ0v) is 13.3. The van der Waals surface area contributed by atoms with Crippen LogP contribution in [0.25, 0.3) is 0 Å². The molecule has 1 amide bonds. The summed E-state index contributed by atoms with van der Waals surface area (Å²) in [4.78, 5) is 34.7. The van der Waals surface area contributed by atoms with E-state index in [1.165, 1.54) is 13.1 Å². The van der Waals surface area contributed by atoms with Gasteiger partial charge >= 0.3 is 11.9 Å². The van der Waals surface area contributed by atoms with Crippen LogP contribution < -0.4 is 10.6 Å². The van der Waals surface area contributed by atoms with Crippen molar-refractivity contribution < 1.29 is 23.9 Å². The second-order valence-electron chi connectivity index (χ2n) is 4.41. The van der Waals surface area contributed by atoms with Crippen LogP contribution in [0.15, 0.2) is 36.0 Å². The molecule has 7 nitrogen and oxygen atoms in total. The summed E-state index contributed by atoms with van der Waals surface area (Å²) in [7, 11) is 0. The summed E-state index contributed by atoms with van der Waals surface area (Å²) in [5.74, 6) is -1.73. The molecule has 1 aromatic rings. The third-order valence-corrected chi connectivity index (χ3v) is 2.56. The van der Waals surface area contributed by atoms with Crippen LogP contribution in [-0.4, -0.2) is 31.1 Å². The Morgan fingerprint density at radius 3 is 2.13 bits per heavy atom. The van der Waals surface area contributed by atoms with Gasteiger partial charge in [-0.25, -0.2) is 9.59 Å². The molecule has 1 rings (SSSR count). The van der Waals surface area contributed by atoms with Gasteiger partial charge < -0.3 is 20.1 Å². The number of hydrogen-bond donors (Lipinski definition) is 2. The molecule has 0 aromatic heterocycles. The lowest BCUT2D eigenvalue weighted by Crippen LogP contribution is -2.19. The molecule has 0 bridgehead atoms. The molecule has 23 heavy (non-hydrogen) atoms. The van der Waals surface area contributed by atoms with E-state index in [1.807, 2.05) is 0 Å². The van der Waals surface area contributed by atoms with Crippen LogP contribution in [0.4, 0.5) is 11.4 Å². The van der Waals surface area contributed by atoms with Crippen LogP contribution in [0.3, 0.4) is 0 Å². The quantitative estimate of drug-likeness (QED) is 0.346. The highest BCUT2D eigenvalue weighted by Gasteiger charge is 2.20. The van der Waals surface area contributed by atoms with E-state index < -0.39 is 11.9 Å². The minimum absolute atomic E-state index is 0.146. The first kappa shape index (κ1) is 18.2. The number of hydrogen-bond acceptors (Lipinski definition) is 6. The molecule has 0 radical (unpaired) electrons. The van der Waals surface area contributed by atoms with Crippen LogP contribution in [0.5, 0.6) is 0 Å². The standard InChI is InChI=1S/C16H20N2O5/c1-4-22-15(20)14(16(21)23-5-2)10-17-12-7-6-8-13(9-12)18-11(3)19/h6-10,17H,4-5H2,1-3H3,(H,18,19). The molecule has 0 aliphatic rings. The Kier molecular flexibility index (Phi) is 7.32. The molecule has 2 N–H and O–H groups in total. The van der Waals surface area contributed by atoms with Gasteiger partial charge in [0.25, 0.3) is 0 Å². The van der Waals surface area contributed by atoms with Crippen molar-refractivity contribution in [2.75, 3.05) is 23.8 Å². The molecule has 0 aliphatic heterocycles. The van der Waals surface area contributed by atoms with Crippen molar-refractivity contribution in [3.05, 3.63) is 36.0 Å². The molecule has 0 aliphatic carbocycles. The number of anilines is 2. The van der Waals surface area contributed by atoms with E-state index in [-0.39, 0.29) is 24.7 Å². The van der Waals surface area contributed by atoms with E-state index >= 15 is 0 Å². The van der Waals surface area contributed by atoms with Gasteiger partial charge in [0.2, 0.25) is 5.91 Å². The van der Waals surface area contributed by atoms with Gasteiger partial charge in [-0.1, -0.05) is 6.07 Å². The third kappa shape index (κ3) is 6.21. The molecular weight excluding hydrogens is 300 g/mol. The number of rotatable bonds is 7. The highest BCUT2D eigenvalue weighted by molar-refractivity contribution is 6.14. The number of ether oxygens (including phenoxy) is 2. The third-order valence-electron chi connectivity index (χ3n) is 2.56. The van der Waals surface area contributed by atoms with Crippen LogP contribution >= 0.6 is 0 Å². The number of benzene rings is 1. The average Bonchev–Trinajstić information content (AvgIpc) is 2.47. The van der Waals surface area contributed by atoms with Crippen LogP contribution in [0, 0.1) is 0 Å². The molecular formula is C16H20N2O5. The van der Waals surface area contributed by atoms with Gasteiger partial charge in [-0.2, -0.15) is 0 Å². The summed E-state index contributed by atoms with van der Waals surface area (Å²) >= 11 is 0. The monoisotopic (exact) mass is 320 g/mol. The number of amides is 1. The van der Waals surface area contributed by atoms with Gasteiger partial charge in [-0.15, -0.1) is 0 Å². The summed E-state index contributed by atoms with van der Waals surface area (Å²) in [5.41, 5.74) is 0.936. The van der Waals surface area contributed by atoms with Gasteiger partial charge in [0.1, 0.15) is 0 Å². The van der Waals surface area contributed by atoms with E-state index in [2.05, 4.69) is 10.6 Å². The molecule has 0 fully saturated rings. The predicted octanol–water partition coefficient (Wildman–Crippen LogP) is 2.07. The van der Waals surface area contributed by atoms with Crippen molar-refractivity contribution in [2.45, 2.75) is 20.8 Å². The van der Waals surface area contributed by atoms with Gasteiger partial charge in [0.15, 0.2) is 5.57 Å². The molecule has 7 heteroatoms. The molecule has 0 saturated heterocycles. The van der Waals surface area contributed by atoms with Crippen molar-refractivity contribution in [2.24, 2.45) is 0 Å². The van der Waals surface area contributed by atoms with Gasteiger partial charge in [-0.05, 0) is 32.0 Å². The first-order valence-electron chi connectivity index (χ1n) is 7.16. The molecule has 0 heterocycles. The Balaban J connectivity index is 2.93. The van der Waals surface area contributed by atoms with Gasteiger partial charge in [-0.3, -0.25) is 4.79 Å². The van der Waals surface area contributed by atoms with E-state index in [1.54, 1.807) is 38.1 Å². The SMILES string of the molecule is CCOC(=O)C(=CNc1cccc(NC(C)=O)c1)C(=O)OCC. The van der Waals surface area contributed by atoms with Crippen molar-refractivity contribution in [3.63, 3.8) is 0 Å². The first-order valence-corrected chi connectivity index (χ1v) is 7.16. The molecule has 0 atom stereocenters. The van der Waals surface area contributed by atoms with Crippen LogP contribution in [0.2, 0.25) is 0 Å². The highest BCUT2D eigenvalue weighted by Crippen LogP contribution is 2.15. The van der Waals surface area contributed by atoms with Crippen LogP contribution in [0.1, 0.15) is 20.8 Å². The Bertz CT molecular complexity index is 590. The number of carbonyl (C=O) groups excluding carboxylic acids is 3. The number of carbonyl (C=O) groups is 3. The fourth-order valence-electron chi connectivity index (χ4n) is 1.66. The van der Waals surface area contributed by atoms with Crippen molar-refractivity contribution in [1.82, 2.24) is 0 Å². The Hall–Kier alpha value is -2.83. The predicted molar refractivity (Wildman–Crippen MR) is 85.7 cm³/mol. The van der Waals surface area contributed by atoms with E-state index in [4.69, 9.17) is 9.47 Å². The average molecular weight is 320 g/mol. The molecule has 0 saturated carbocycles. The molecule has 1 aromatic carbocycles. The summed E-state index contributed by atoms with van der Waals surface area (Å²) in [5, 5.41) is 5.46. The summed E-state index contributed by atoms with van der Waals surface area (Å²) < 4.78 is 9.66. The Morgan fingerprint density at radius 2 is 1.61 bits per heavy atom. The molecule has 0 unspecified atom stereocenters. The lowest BCUT2D eigenvalue weighted by atomic mass is 10.2. The van der Waals surface area contributed by atoms with Crippen molar-refractivity contribution >= 4 is 29.2 Å². The molecule has 124 valence electrons. The lowest BCUT2D eigenvalue weighted by Gasteiger charge is -2.09. The highest BCUT2D eigenvalue weighted by atomic mass is 16.6. The van der Waals surface area contributed by atoms with E-state index in [0.717, 1.165) is 0 Å². The molecule has 0 spiro atoms. The first-order chi connectivity index (χ1) is 11.0. The van der Waals surface area contributed by atoms with Crippen molar-refractivity contribution in [3.8, 4) is 0 Å². The fraction of sp³-hybridized carbons (Fsp3) is 0.312. The van der Waals surface area contributed by atoms with Crippen molar-refractivity contribution in [1.29, 1.82) is 0 Å². The maximum atomic E-state index is 11.8. The lowest BCUT2D eigenvalue weighted by molar-refractivity contribution is -0.146. The van der Waals surface area contributed by atoms with E-state index in [9.17, 15) is 14.4 Å². The number of esters is 2. The number of nitrogens with one attached hydrogen (secondary N) is 2. The maximum Gasteiger partial charge on any atom is 0.347 e. The summed E-state index contributed by atoms with van der Waals surface area (Å²) in [6.07, 6.45) is 1.23. The van der Waals surface area contributed by atoms with Gasteiger partial charge in [0.05, 0.1) is 13.2 Å². The van der Waals surface area contributed by atoms with E-state index in [0.29, 0.717) is 11.4 Å². The summed E-state index contributed by atoms with van der Waals surface area (Å²) in [6, 6.07) is 6.81. The normalized spacial score (nSPS) is 9.52. The topological polar surface area (TPSA) is 93.7 Å². The minimum Gasteiger partial charge on any atom is -0.462 e. The zero-order chi connectivity index (χ0) is 17.2. The second-order valence-corrected chi connectivity index (χ2v) is 4.41. The minimum atomic E-state index is -0.767. The summed E-state index contributed by atoms with van der Waals surface area (Å²) in [6.45, 7) is 4.98. The smallest absolute Gasteiger partial charge is 0.347 e. The Morgan fingerprint density at radius 1 is 1.04 bits per heavy atom. The second kappa shape index (κ2) is 9.24. The fourth-order valence-corrected chi connectivity index (χ4v) is 1.66. The van der Waals surface area contributed by atoms with Gasteiger partial charge in [0, 0.05) is 24.5 Å². The maximum absolute atomic E-state index is 11.8. The Labute approximate surface area is 134 Å². The zero-order valence-electron chi connectivity index (χ0n) is 13.3. The largest absolute Gasteiger partial charge is 0.462 e.